The van der Waals surface area contributed by atoms with Crippen LogP contribution in [0.2, 0.25) is 0 Å². The lowest BCUT2D eigenvalue weighted by Crippen LogP contribution is -2.21. The Balaban J connectivity index is 2.63. The molecule has 16 heavy (non-hydrogen) atoms. The predicted octanol–water partition coefficient (Wildman–Crippen LogP) is 1.20. The van der Waals surface area contributed by atoms with E-state index < -0.39 is 4.92 Å². The number of hydrogen-bond donors (Lipinski definition) is 1. The van der Waals surface area contributed by atoms with Gasteiger partial charge < -0.3 is 20.1 Å². The molecule has 1 rings (SSSR count). The molecule has 88 valence electrons. The summed E-state index contributed by atoms with van der Waals surface area (Å²) < 4.78 is 0. The van der Waals surface area contributed by atoms with E-state index in [-0.39, 0.29) is 11.9 Å². The standard InChI is InChI=1S/C10H15N3O3/c1-8(14)5-6-12(2)9-3-4-10(11-7-9)13(15)16/h3-4,7-8,14H,5-6H2,1-2H3/t8-/m1/s1. The van der Waals surface area contributed by atoms with E-state index in [1.165, 1.54) is 12.3 Å². The van der Waals surface area contributed by atoms with Crippen LogP contribution >= 0.6 is 0 Å². The van der Waals surface area contributed by atoms with Crippen LogP contribution in [-0.2, 0) is 0 Å². The summed E-state index contributed by atoms with van der Waals surface area (Å²) in [6, 6.07) is 3.02. The van der Waals surface area contributed by atoms with Crippen LogP contribution in [0.4, 0.5) is 11.5 Å². The number of hydrogen-bond acceptors (Lipinski definition) is 5. The number of nitro groups is 1. The highest BCUT2D eigenvalue weighted by molar-refractivity contribution is 5.45. The first-order valence-electron chi connectivity index (χ1n) is 5.00. The van der Waals surface area contributed by atoms with Gasteiger partial charge in [0.2, 0.25) is 0 Å². The zero-order valence-corrected chi connectivity index (χ0v) is 9.33. The Morgan fingerprint density at radius 3 is 2.75 bits per heavy atom. The Labute approximate surface area is 93.7 Å². The third-order valence-electron chi connectivity index (χ3n) is 2.24. The third kappa shape index (κ3) is 3.47. The molecule has 0 aliphatic heterocycles. The lowest BCUT2D eigenvalue weighted by atomic mass is 10.2. The van der Waals surface area contributed by atoms with Crippen LogP contribution in [0.3, 0.4) is 0 Å². The van der Waals surface area contributed by atoms with Gasteiger partial charge in [0.25, 0.3) is 0 Å². The van der Waals surface area contributed by atoms with Gasteiger partial charge >= 0.3 is 5.82 Å². The summed E-state index contributed by atoms with van der Waals surface area (Å²) in [5, 5.41) is 19.5. The highest BCUT2D eigenvalue weighted by atomic mass is 16.6. The van der Waals surface area contributed by atoms with Crippen molar-refractivity contribution >= 4 is 11.5 Å². The van der Waals surface area contributed by atoms with Crippen LogP contribution in [0.1, 0.15) is 13.3 Å². The quantitative estimate of drug-likeness (QED) is 0.601. The van der Waals surface area contributed by atoms with Crippen LogP contribution in [0.15, 0.2) is 18.3 Å². The van der Waals surface area contributed by atoms with Crippen LogP contribution in [0.5, 0.6) is 0 Å². The maximum atomic E-state index is 10.4. The van der Waals surface area contributed by atoms with E-state index >= 15 is 0 Å². The number of nitrogens with zero attached hydrogens (tertiary/aromatic N) is 3. The summed E-state index contributed by atoms with van der Waals surface area (Å²) in [6.45, 7) is 2.40. The molecule has 0 aliphatic carbocycles. The smallest absolute Gasteiger partial charge is 0.363 e. The third-order valence-corrected chi connectivity index (χ3v) is 2.24. The molecule has 0 amide bonds. The molecule has 1 aromatic rings. The Morgan fingerprint density at radius 2 is 2.31 bits per heavy atom. The molecule has 0 radical (unpaired) electrons. The van der Waals surface area contributed by atoms with Gasteiger partial charge in [-0.1, -0.05) is 0 Å². The van der Waals surface area contributed by atoms with E-state index in [2.05, 4.69) is 4.98 Å². The minimum absolute atomic E-state index is 0.160. The topological polar surface area (TPSA) is 79.5 Å². The fourth-order valence-electron chi connectivity index (χ4n) is 1.22. The van der Waals surface area contributed by atoms with E-state index in [4.69, 9.17) is 5.11 Å². The largest absolute Gasteiger partial charge is 0.393 e. The summed E-state index contributed by atoms with van der Waals surface area (Å²) >= 11 is 0. The molecule has 0 aromatic carbocycles. The van der Waals surface area contributed by atoms with Gasteiger partial charge in [0, 0.05) is 19.7 Å². The molecule has 0 bridgehead atoms. The summed E-state index contributed by atoms with van der Waals surface area (Å²) in [6.07, 6.45) is 1.75. The number of aliphatic hydroxyl groups excluding tert-OH is 1. The first-order valence-corrected chi connectivity index (χ1v) is 5.00. The Hall–Kier alpha value is -1.69. The van der Waals surface area contributed by atoms with E-state index in [0.29, 0.717) is 13.0 Å². The van der Waals surface area contributed by atoms with Crippen molar-refractivity contribution < 1.29 is 10.0 Å². The second-order valence-corrected chi connectivity index (χ2v) is 3.69. The number of rotatable bonds is 5. The van der Waals surface area contributed by atoms with Crippen molar-refractivity contribution in [3.8, 4) is 0 Å². The SMILES string of the molecule is C[C@@H](O)CCN(C)c1ccc([N+](=O)[O-])nc1. The summed E-state index contributed by atoms with van der Waals surface area (Å²) in [5.74, 6) is -0.160. The van der Waals surface area contributed by atoms with E-state index in [9.17, 15) is 10.1 Å². The lowest BCUT2D eigenvalue weighted by molar-refractivity contribution is -0.389. The maximum absolute atomic E-state index is 10.4. The molecule has 6 heteroatoms. The van der Waals surface area contributed by atoms with Crippen molar-refractivity contribution in [1.82, 2.24) is 4.98 Å². The lowest BCUT2D eigenvalue weighted by Gasteiger charge is -2.18. The zero-order valence-electron chi connectivity index (χ0n) is 9.33. The molecule has 0 saturated heterocycles. The molecule has 0 fully saturated rings. The van der Waals surface area contributed by atoms with Crippen LogP contribution in [0.25, 0.3) is 0 Å². The molecular formula is C10H15N3O3. The summed E-state index contributed by atoms with van der Waals surface area (Å²) in [5.41, 5.74) is 0.797. The molecule has 1 N–H and O–H groups in total. The normalized spacial score (nSPS) is 12.2. The Bertz CT molecular complexity index is 351. The van der Waals surface area contributed by atoms with E-state index in [0.717, 1.165) is 5.69 Å². The van der Waals surface area contributed by atoms with Crippen LogP contribution in [-0.4, -0.2) is 34.7 Å². The van der Waals surface area contributed by atoms with Crippen molar-refractivity contribution in [3.63, 3.8) is 0 Å². The minimum Gasteiger partial charge on any atom is -0.393 e. The number of aromatic nitrogens is 1. The molecule has 0 unspecified atom stereocenters. The van der Waals surface area contributed by atoms with Gasteiger partial charge in [0.15, 0.2) is 6.20 Å². The first kappa shape index (κ1) is 12.4. The van der Waals surface area contributed by atoms with Crippen LogP contribution in [0, 0.1) is 10.1 Å². The average molecular weight is 225 g/mol. The maximum Gasteiger partial charge on any atom is 0.363 e. The predicted molar refractivity (Wildman–Crippen MR) is 60.5 cm³/mol. The molecular weight excluding hydrogens is 210 g/mol. The second-order valence-electron chi connectivity index (χ2n) is 3.69. The van der Waals surface area contributed by atoms with Crippen LogP contribution < -0.4 is 4.90 Å². The number of pyridine rings is 1. The Kier molecular flexibility index (Phi) is 4.19. The molecule has 0 aliphatic rings. The minimum atomic E-state index is -0.528. The van der Waals surface area contributed by atoms with E-state index in [1.807, 2.05) is 11.9 Å². The van der Waals surface area contributed by atoms with Gasteiger partial charge in [-0.3, -0.25) is 0 Å². The highest BCUT2D eigenvalue weighted by Crippen LogP contribution is 2.15. The van der Waals surface area contributed by atoms with Crippen molar-refractivity contribution in [2.45, 2.75) is 19.4 Å². The van der Waals surface area contributed by atoms with Crippen molar-refractivity contribution in [2.75, 3.05) is 18.5 Å². The monoisotopic (exact) mass is 225 g/mol. The fraction of sp³-hybridized carbons (Fsp3) is 0.500. The van der Waals surface area contributed by atoms with E-state index in [1.54, 1.807) is 13.0 Å². The van der Waals surface area contributed by atoms with Crippen molar-refractivity contribution in [2.24, 2.45) is 0 Å². The van der Waals surface area contributed by atoms with Gasteiger partial charge in [-0.2, -0.15) is 0 Å². The molecule has 0 saturated carbocycles. The zero-order chi connectivity index (χ0) is 12.1. The van der Waals surface area contributed by atoms with Gasteiger partial charge in [-0.25, -0.2) is 0 Å². The second kappa shape index (κ2) is 5.41. The molecule has 1 aromatic heterocycles. The van der Waals surface area contributed by atoms with Crippen molar-refractivity contribution in [3.05, 3.63) is 28.4 Å². The summed E-state index contributed by atoms with van der Waals surface area (Å²) in [7, 11) is 1.85. The summed E-state index contributed by atoms with van der Waals surface area (Å²) in [4.78, 5) is 15.5. The van der Waals surface area contributed by atoms with Gasteiger partial charge in [0.05, 0.1) is 11.8 Å². The number of aliphatic hydroxyl groups is 1. The molecule has 1 heterocycles. The molecule has 0 spiro atoms. The molecule has 6 nitrogen and oxygen atoms in total. The number of anilines is 1. The average Bonchev–Trinajstić information content (AvgIpc) is 2.26. The van der Waals surface area contributed by atoms with Gasteiger partial charge in [0.1, 0.15) is 0 Å². The van der Waals surface area contributed by atoms with Crippen molar-refractivity contribution in [1.29, 1.82) is 0 Å². The molecule has 1 atom stereocenters. The fourth-order valence-corrected chi connectivity index (χ4v) is 1.22. The van der Waals surface area contributed by atoms with Gasteiger partial charge in [-0.05, 0) is 29.3 Å². The Morgan fingerprint density at radius 1 is 1.62 bits per heavy atom. The first-order chi connectivity index (χ1) is 7.50. The van der Waals surface area contributed by atoms with Gasteiger partial charge in [-0.15, -0.1) is 0 Å². The highest BCUT2D eigenvalue weighted by Gasteiger charge is 2.09.